The summed E-state index contributed by atoms with van der Waals surface area (Å²) in [4.78, 5) is 12.5. The first-order valence-electron chi connectivity index (χ1n) is 7.76. The second kappa shape index (κ2) is 7.87. The molecule has 0 aliphatic heterocycles. The molecule has 0 bridgehead atoms. The molecule has 0 fully saturated rings. The van der Waals surface area contributed by atoms with Gasteiger partial charge in [-0.05, 0) is 30.3 Å². The quantitative estimate of drug-likeness (QED) is 0.551. The fourth-order valence-corrected chi connectivity index (χ4v) is 4.37. The molecule has 0 atom stereocenters. The van der Waals surface area contributed by atoms with Crippen molar-refractivity contribution in [3.05, 3.63) is 72.2 Å². The van der Waals surface area contributed by atoms with Crippen molar-refractivity contribution in [1.82, 2.24) is 0 Å². The largest absolute Gasteiger partial charge is 0.478 e. The van der Waals surface area contributed by atoms with Gasteiger partial charge in [-0.25, -0.2) is 18.4 Å². The van der Waals surface area contributed by atoms with E-state index >= 15 is 0 Å². The standard InChI is InChI=1S/C18H16N2O5S2/c19-27(23,24)17-8-14(18(21)22)15(20-10-12-6-7-25-11-12)9-16(17)26-13-4-2-1-3-5-13/h1-9,11,20H,10H2,(H,21,22)(H2,19,23,24). The van der Waals surface area contributed by atoms with E-state index in [-0.39, 0.29) is 16.1 Å². The maximum absolute atomic E-state index is 12.0. The van der Waals surface area contributed by atoms with Crippen molar-refractivity contribution in [1.29, 1.82) is 0 Å². The molecule has 7 nitrogen and oxygen atoms in total. The van der Waals surface area contributed by atoms with E-state index in [1.165, 1.54) is 30.4 Å². The predicted octanol–water partition coefficient (Wildman–Crippen LogP) is 3.39. The minimum atomic E-state index is -4.11. The minimum Gasteiger partial charge on any atom is -0.478 e. The zero-order chi connectivity index (χ0) is 19.4. The lowest BCUT2D eigenvalue weighted by Crippen LogP contribution is -2.16. The van der Waals surface area contributed by atoms with Crippen molar-refractivity contribution in [3.8, 4) is 0 Å². The number of carboxylic acid groups (broad SMARTS) is 1. The number of benzene rings is 2. The number of sulfonamides is 1. The second-order valence-corrected chi connectivity index (χ2v) is 8.24. The van der Waals surface area contributed by atoms with E-state index in [0.717, 1.165) is 16.5 Å². The molecule has 3 aromatic rings. The third-order valence-corrected chi connectivity index (χ3v) is 5.80. The van der Waals surface area contributed by atoms with Crippen LogP contribution in [0.15, 0.2) is 80.2 Å². The highest BCUT2D eigenvalue weighted by atomic mass is 32.2. The Labute approximate surface area is 160 Å². The molecule has 1 heterocycles. The first-order valence-corrected chi connectivity index (χ1v) is 10.1. The number of hydrogen-bond acceptors (Lipinski definition) is 6. The average Bonchev–Trinajstić information content (AvgIpc) is 3.13. The number of rotatable bonds is 7. The number of nitrogens with one attached hydrogen (secondary N) is 1. The van der Waals surface area contributed by atoms with Gasteiger partial charge in [0.2, 0.25) is 10.0 Å². The van der Waals surface area contributed by atoms with Crippen molar-refractivity contribution in [2.75, 3.05) is 5.32 Å². The van der Waals surface area contributed by atoms with Gasteiger partial charge in [0, 0.05) is 21.9 Å². The summed E-state index contributed by atoms with van der Waals surface area (Å²) in [6.07, 6.45) is 3.04. The van der Waals surface area contributed by atoms with Crippen LogP contribution in [0.3, 0.4) is 0 Å². The molecule has 0 saturated heterocycles. The highest BCUT2D eigenvalue weighted by Gasteiger charge is 2.22. The Morgan fingerprint density at radius 1 is 1.19 bits per heavy atom. The Balaban J connectivity index is 2.05. The topological polar surface area (TPSA) is 123 Å². The van der Waals surface area contributed by atoms with E-state index in [1.807, 2.05) is 30.3 Å². The molecule has 0 radical (unpaired) electrons. The molecule has 2 aromatic carbocycles. The third kappa shape index (κ3) is 4.70. The van der Waals surface area contributed by atoms with Crippen molar-refractivity contribution >= 4 is 33.4 Å². The summed E-state index contributed by atoms with van der Waals surface area (Å²) < 4.78 is 29.0. The van der Waals surface area contributed by atoms with Crippen LogP contribution in [0.1, 0.15) is 15.9 Å². The summed E-state index contributed by atoms with van der Waals surface area (Å²) in [5, 5.41) is 17.8. The monoisotopic (exact) mass is 404 g/mol. The minimum absolute atomic E-state index is 0.181. The summed E-state index contributed by atoms with van der Waals surface area (Å²) in [5.74, 6) is -1.26. The molecule has 140 valence electrons. The van der Waals surface area contributed by atoms with Gasteiger partial charge in [0.15, 0.2) is 0 Å². The molecule has 27 heavy (non-hydrogen) atoms. The highest BCUT2D eigenvalue weighted by molar-refractivity contribution is 8.00. The van der Waals surface area contributed by atoms with Gasteiger partial charge >= 0.3 is 5.97 Å². The number of carbonyl (C=O) groups is 1. The van der Waals surface area contributed by atoms with Crippen LogP contribution < -0.4 is 10.5 Å². The molecule has 0 amide bonds. The lowest BCUT2D eigenvalue weighted by atomic mass is 10.1. The van der Waals surface area contributed by atoms with Gasteiger partial charge in [-0.2, -0.15) is 0 Å². The molecule has 0 aliphatic carbocycles. The van der Waals surface area contributed by atoms with Crippen LogP contribution >= 0.6 is 11.8 Å². The molecule has 4 N–H and O–H groups in total. The maximum Gasteiger partial charge on any atom is 0.337 e. The maximum atomic E-state index is 12.0. The fourth-order valence-electron chi connectivity index (χ4n) is 2.39. The van der Waals surface area contributed by atoms with E-state index in [0.29, 0.717) is 11.4 Å². The summed E-state index contributed by atoms with van der Waals surface area (Å²) in [6, 6.07) is 13.4. The summed E-state index contributed by atoms with van der Waals surface area (Å²) in [7, 11) is -4.11. The average molecular weight is 404 g/mol. The van der Waals surface area contributed by atoms with Crippen LogP contribution in [-0.2, 0) is 16.6 Å². The molecular formula is C18H16N2O5S2. The molecule has 0 unspecified atom stereocenters. The van der Waals surface area contributed by atoms with E-state index in [2.05, 4.69) is 5.32 Å². The molecule has 9 heteroatoms. The van der Waals surface area contributed by atoms with Crippen LogP contribution in [0.2, 0.25) is 0 Å². The number of carboxylic acids is 1. The second-order valence-electron chi connectivity index (χ2n) is 5.59. The Bertz CT molecular complexity index is 1050. The molecule has 0 saturated carbocycles. The van der Waals surface area contributed by atoms with Crippen molar-refractivity contribution in [3.63, 3.8) is 0 Å². The molecule has 1 aromatic heterocycles. The van der Waals surface area contributed by atoms with Gasteiger partial charge in [0.05, 0.1) is 28.7 Å². The van der Waals surface area contributed by atoms with Crippen LogP contribution in [0, 0.1) is 0 Å². The Kier molecular flexibility index (Phi) is 5.54. The van der Waals surface area contributed by atoms with Crippen molar-refractivity contribution < 1.29 is 22.7 Å². The summed E-state index contributed by atoms with van der Waals surface area (Å²) >= 11 is 1.19. The summed E-state index contributed by atoms with van der Waals surface area (Å²) in [6.45, 7) is 0.320. The first-order chi connectivity index (χ1) is 12.8. The SMILES string of the molecule is NS(=O)(=O)c1cc(C(=O)O)c(NCc2ccoc2)cc1Sc1ccccc1. The zero-order valence-electron chi connectivity index (χ0n) is 14.0. The normalized spacial score (nSPS) is 11.3. The molecule has 0 spiro atoms. The predicted molar refractivity (Wildman–Crippen MR) is 101 cm³/mol. The van der Waals surface area contributed by atoms with Gasteiger partial charge in [0.25, 0.3) is 0 Å². The molecule has 3 rings (SSSR count). The first kappa shape index (κ1) is 19.0. The van der Waals surface area contributed by atoms with Gasteiger partial charge in [-0.3, -0.25) is 0 Å². The number of anilines is 1. The lowest BCUT2D eigenvalue weighted by Gasteiger charge is -2.14. The smallest absolute Gasteiger partial charge is 0.337 e. The number of furan rings is 1. The van der Waals surface area contributed by atoms with E-state index < -0.39 is 16.0 Å². The zero-order valence-corrected chi connectivity index (χ0v) is 15.6. The van der Waals surface area contributed by atoms with Gasteiger partial charge in [-0.1, -0.05) is 30.0 Å². The summed E-state index contributed by atoms with van der Waals surface area (Å²) in [5.41, 5.74) is 0.925. The van der Waals surface area contributed by atoms with Crippen molar-refractivity contribution in [2.24, 2.45) is 5.14 Å². The Morgan fingerprint density at radius 2 is 1.93 bits per heavy atom. The van der Waals surface area contributed by atoms with E-state index in [4.69, 9.17) is 9.56 Å². The number of primary sulfonamides is 1. The van der Waals surface area contributed by atoms with E-state index in [9.17, 15) is 18.3 Å². The van der Waals surface area contributed by atoms with Crippen LogP contribution in [0.4, 0.5) is 5.69 Å². The lowest BCUT2D eigenvalue weighted by molar-refractivity contribution is 0.0697. The number of hydrogen-bond donors (Lipinski definition) is 3. The Hall–Kier alpha value is -2.75. The van der Waals surface area contributed by atoms with Crippen molar-refractivity contribution in [2.45, 2.75) is 21.2 Å². The number of nitrogens with two attached hydrogens (primary N) is 1. The fraction of sp³-hybridized carbons (Fsp3) is 0.0556. The van der Waals surface area contributed by atoms with Gasteiger partial charge in [-0.15, -0.1) is 0 Å². The highest BCUT2D eigenvalue weighted by Crippen LogP contribution is 2.36. The van der Waals surface area contributed by atoms with Crippen LogP contribution in [0.25, 0.3) is 0 Å². The van der Waals surface area contributed by atoms with E-state index in [1.54, 1.807) is 6.07 Å². The Morgan fingerprint density at radius 3 is 2.52 bits per heavy atom. The van der Waals surface area contributed by atoms with Gasteiger partial charge in [0.1, 0.15) is 0 Å². The number of aromatic carboxylic acids is 1. The van der Waals surface area contributed by atoms with Crippen LogP contribution in [0.5, 0.6) is 0 Å². The third-order valence-electron chi connectivity index (χ3n) is 3.65. The molecule has 0 aliphatic rings. The molecular weight excluding hydrogens is 388 g/mol. The van der Waals surface area contributed by atoms with Gasteiger partial charge < -0.3 is 14.8 Å². The van der Waals surface area contributed by atoms with Crippen LogP contribution in [-0.4, -0.2) is 19.5 Å².